The fraction of sp³-hybridized carbons (Fsp3) is 0.923. The SMILES string of the molecule is NC1CCCCC1CC(=O)NC1CCCC1. The van der Waals surface area contributed by atoms with E-state index in [4.69, 9.17) is 5.73 Å². The molecule has 2 aliphatic rings. The summed E-state index contributed by atoms with van der Waals surface area (Å²) < 4.78 is 0. The molecule has 1 amide bonds. The topological polar surface area (TPSA) is 55.1 Å². The molecule has 0 aromatic carbocycles. The number of nitrogens with two attached hydrogens (primary N) is 1. The number of nitrogens with one attached hydrogen (secondary N) is 1. The summed E-state index contributed by atoms with van der Waals surface area (Å²) in [7, 11) is 0. The van der Waals surface area contributed by atoms with Gasteiger partial charge in [-0.2, -0.15) is 0 Å². The Bertz CT molecular complexity index is 236. The molecule has 3 heteroatoms. The Kier molecular flexibility index (Phi) is 4.22. The first-order valence-corrected chi connectivity index (χ1v) is 6.80. The van der Waals surface area contributed by atoms with E-state index in [0.717, 1.165) is 12.8 Å². The normalized spacial score (nSPS) is 31.6. The third-order valence-electron chi connectivity index (χ3n) is 4.14. The van der Waals surface area contributed by atoms with Crippen LogP contribution in [0.25, 0.3) is 0 Å². The van der Waals surface area contributed by atoms with Crippen LogP contribution >= 0.6 is 0 Å². The van der Waals surface area contributed by atoms with Crippen LogP contribution in [0.5, 0.6) is 0 Å². The van der Waals surface area contributed by atoms with E-state index >= 15 is 0 Å². The Morgan fingerprint density at radius 2 is 1.69 bits per heavy atom. The molecular formula is C13H24N2O. The summed E-state index contributed by atoms with van der Waals surface area (Å²) in [6.07, 6.45) is 10.3. The average molecular weight is 224 g/mol. The van der Waals surface area contributed by atoms with E-state index in [0.29, 0.717) is 18.4 Å². The molecule has 3 nitrogen and oxygen atoms in total. The van der Waals surface area contributed by atoms with Crippen LogP contribution < -0.4 is 11.1 Å². The molecule has 2 atom stereocenters. The van der Waals surface area contributed by atoms with Gasteiger partial charge in [-0.1, -0.05) is 25.7 Å². The minimum Gasteiger partial charge on any atom is -0.353 e. The summed E-state index contributed by atoms with van der Waals surface area (Å²) in [5, 5.41) is 3.15. The van der Waals surface area contributed by atoms with Gasteiger partial charge in [-0.05, 0) is 31.6 Å². The molecule has 2 fully saturated rings. The van der Waals surface area contributed by atoms with Gasteiger partial charge < -0.3 is 11.1 Å². The highest BCUT2D eigenvalue weighted by atomic mass is 16.1. The van der Waals surface area contributed by atoms with Crippen molar-refractivity contribution in [3.63, 3.8) is 0 Å². The highest BCUT2D eigenvalue weighted by Crippen LogP contribution is 2.26. The Balaban J connectivity index is 1.72. The fourth-order valence-corrected chi connectivity index (χ4v) is 3.08. The molecule has 0 aromatic heterocycles. The van der Waals surface area contributed by atoms with Crippen LogP contribution in [0.3, 0.4) is 0 Å². The Morgan fingerprint density at radius 1 is 1.06 bits per heavy atom. The molecule has 0 aromatic rings. The van der Waals surface area contributed by atoms with Crippen molar-refractivity contribution < 1.29 is 4.79 Å². The molecule has 0 radical (unpaired) electrons. The van der Waals surface area contributed by atoms with Crippen molar-refractivity contribution >= 4 is 5.91 Å². The number of carbonyl (C=O) groups is 1. The second kappa shape index (κ2) is 5.67. The summed E-state index contributed by atoms with van der Waals surface area (Å²) in [6.45, 7) is 0. The van der Waals surface area contributed by atoms with E-state index < -0.39 is 0 Å². The molecule has 2 rings (SSSR count). The predicted octanol–water partition coefficient (Wildman–Crippen LogP) is 1.95. The van der Waals surface area contributed by atoms with Crippen molar-refractivity contribution in [2.45, 2.75) is 69.9 Å². The van der Waals surface area contributed by atoms with E-state index in [2.05, 4.69) is 5.32 Å². The third kappa shape index (κ3) is 3.21. The van der Waals surface area contributed by atoms with Gasteiger partial charge in [0.25, 0.3) is 0 Å². The van der Waals surface area contributed by atoms with Crippen LogP contribution in [-0.2, 0) is 4.79 Å². The molecule has 2 aliphatic carbocycles. The zero-order valence-corrected chi connectivity index (χ0v) is 10.1. The Morgan fingerprint density at radius 3 is 2.38 bits per heavy atom. The third-order valence-corrected chi connectivity index (χ3v) is 4.14. The van der Waals surface area contributed by atoms with Crippen LogP contribution in [0.1, 0.15) is 57.8 Å². The molecule has 0 aliphatic heterocycles. The summed E-state index contributed by atoms with van der Waals surface area (Å²) in [5.74, 6) is 0.657. The maximum atomic E-state index is 11.8. The lowest BCUT2D eigenvalue weighted by Crippen LogP contribution is -2.39. The number of hydrogen-bond donors (Lipinski definition) is 2. The average Bonchev–Trinajstić information content (AvgIpc) is 2.74. The predicted molar refractivity (Wildman–Crippen MR) is 64.9 cm³/mol. The largest absolute Gasteiger partial charge is 0.353 e. The van der Waals surface area contributed by atoms with Gasteiger partial charge >= 0.3 is 0 Å². The second-order valence-electron chi connectivity index (χ2n) is 5.46. The highest BCUT2D eigenvalue weighted by Gasteiger charge is 2.25. The van der Waals surface area contributed by atoms with E-state index in [1.807, 2.05) is 0 Å². The Hall–Kier alpha value is -0.570. The zero-order chi connectivity index (χ0) is 11.4. The summed E-state index contributed by atoms with van der Waals surface area (Å²) in [4.78, 5) is 11.8. The van der Waals surface area contributed by atoms with Crippen LogP contribution in [0.2, 0.25) is 0 Å². The Labute approximate surface area is 98.2 Å². The van der Waals surface area contributed by atoms with Crippen molar-refractivity contribution in [2.24, 2.45) is 11.7 Å². The van der Waals surface area contributed by atoms with Crippen molar-refractivity contribution in [1.29, 1.82) is 0 Å². The maximum absolute atomic E-state index is 11.8. The van der Waals surface area contributed by atoms with Gasteiger partial charge in [0, 0.05) is 18.5 Å². The number of hydrogen-bond acceptors (Lipinski definition) is 2. The standard InChI is InChI=1S/C13H24N2O/c14-12-8-4-1-5-10(12)9-13(16)15-11-6-2-3-7-11/h10-12H,1-9,14H2,(H,15,16). The van der Waals surface area contributed by atoms with Gasteiger partial charge in [0.1, 0.15) is 0 Å². The monoisotopic (exact) mass is 224 g/mol. The van der Waals surface area contributed by atoms with Crippen molar-refractivity contribution in [3.05, 3.63) is 0 Å². The second-order valence-corrected chi connectivity index (χ2v) is 5.46. The van der Waals surface area contributed by atoms with Crippen LogP contribution in [-0.4, -0.2) is 18.0 Å². The van der Waals surface area contributed by atoms with Crippen molar-refractivity contribution in [1.82, 2.24) is 5.32 Å². The lowest BCUT2D eigenvalue weighted by atomic mass is 9.83. The number of amides is 1. The first-order valence-electron chi connectivity index (χ1n) is 6.80. The molecular weight excluding hydrogens is 200 g/mol. The fourth-order valence-electron chi connectivity index (χ4n) is 3.08. The van der Waals surface area contributed by atoms with Gasteiger partial charge in [0.15, 0.2) is 0 Å². The first-order chi connectivity index (χ1) is 7.75. The van der Waals surface area contributed by atoms with Crippen LogP contribution in [0, 0.1) is 5.92 Å². The molecule has 3 N–H and O–H groups in total. The lowest BCUT2D eigenvalue weighted by molar-refractivity contribution is -0.123. The summed E-state index contributed by atoms with van der Waals surface area (Å²) in [5.41, 5.74) is 6.06. The molecule has 0 spiro atoms. The van der Waals surface area contributed by atoms with Crippen molar-refractivity contribution in [3.8, 4) is 0 Å². The zero-order valence-electron chi connectivity index (χ0n) is 10.1. The molecule has 0 heterocycles. The van der Waals surface area contributed by atoms with E-state index in [1.165, 1.54) is 38.5 Å². The lowest BCUT2D eigenvalue weighted by Gasteiger charge is -2.28. The summed E-state index contributed by atoms with van der Waals surface area (Å²) in [6, 6.07) is 0.704. The number of rotatable bonds is 3. The minimum atomic E-state index is 0.231. The van der Waals surface area contributed by atoms with Gasteiger partial charge in [-0.15, -0.1) is 0 Å². The quantitative estimate of drug-likeness (QED) is 0.770. The van der Waals surface area contributed by atoms with Gasteiger partial charge in [0.2, 0.25) is 5.91 Å². The maximum Gasteiger partial charge on any atom is 0.220 e. The van der Waals surface area contributed by atoms with E-state index in [9.17, 15) is 4.79 Å². The molecule has 0 bridgehead atoms. The van der Waals surface area contributed by atoms with Crippen LogP contribution in [0.15, 0.2) is 0 Å². The molecule has 2 unspecified atom stereocenters. The highest BCUT2D eigenvalue weighted by molar-refractivity contribution is 5.76. The van der Waals surface area contributed by atoms with Gasteiger partial charge in [0.05, 0.1) is 0 Å². The minimum absolute atomic E-state index is 0.231. The molecule has 2 saturated carbocycles. The molecule has 16 heavy (non-hydrogen) atoms. The van der Waals surface area contributed by atoms with E-state index in [-0.39, 0.29) is 11.9 Å². The van der Waals surface area contributed by atoms with Gasteiger partial charge in [-0.3, -0.25) is 4.79 Å². The summed E-state index contributed by atoms with van der Waals surface area (Å²) >= 11 is 0. The van der Waals surface area contributed by atoms with Crippen LogP contribution in [0.4, 0.5) is 0 Å². The molecule has 0 saturated heterocycles. The first kappa shape index (κ1) is 11.9. The van der Waals surface area contributed by atoms with E-state index in [1.54, 1.807) is 0 Å². The number of carbonyl (C=O) groups excluding carboxylic acids is 1. The van der Waals surface area contributed by atoms with Crippen molar-refractivity contribution in [2.75, 3.05) is 0 Å². The molecule has 92 valence electrons. The van der Waals surface area contributed by atoms with Gasteiger partial charge in [-0.25, -0.2) is 0 Å². The smallest absolute Gasteiger partial charge is 0.220 e.